The standard InChI is InChI=1S/C12H13ClN2O3/c1-7-11(16)14-4-5-15(7)10-3-2-8(13)6-9(10)12(17)18/h2-3,6-7H,4-5H2,1H3,(H,14,16)(H,17,18). The van der Waals surface area contributed by atoms with Gasteiger partial charge in [-0.15, -0.1) is 0 Å². The highest BCUT2D eigenvalue weighted by atomic mass is 35.5. The molecule has 96 valence electrons. The summed E-state index contributed by atoms with van der Waals surface area (Å²) in [4.78, 5) is 24.6. The van der Waals surface area contributed by atoms with Gasteiger partial charge in [-0.3, -0.25) is 4.79 Å². The van der Waals surface area contributed by atoms with Crippen LogP contribution in [0.5, 0.6) is 0 Å². The first-order chi connectivity index (χ1) is 8.50. The molecular formula is C12H13ClN2O3. The molecular weight excluding hydrogens is 256 g/mol. The summed E-state index contributed by atoms with van der Waals surface area (Å²) in [6, 6.07) is 4.28. The van der Waals surface area contributed by atoms with Crippen LogP contribution in [-0.4, -0.2) is 36.1 Å². The van der Waals surface area contributed by atoms with E-state index in [0.29, 0.717) is 23.8 Å². The number of anilines is 1. The molecule has 0 spiro atoms. The first kappa shape index (κ1) is 12.7. The Morgan fingerprint density at radius 1 is 1.56 bits per heavy atom. The van der Waals surface area contributed by atoms with Crippen LogP contribution in [0.2, 0.25) is 5.02 Å². The number of carboxylic acids is 1. The van der Waals surface area contributed by atoms with Crippen LogP contribution < -0.4 is 10.2 Å². The van der Waals surface area contributed by atoms with E-state index in [1.165, 1.54) is 6.07 Å². The van der Waals surface area contributed by atoms with Gasteiger partial charge in [0.05, 0.1) is 11.3 Å². The fourth-order valence-corrected chi connectivity index (χ4v) is 2.21. The Morgan fingerprint density at radius 3 is 2.94 bits per heavy atom. The summed E-state index contributed by atoms with van der Waals surface area (Å²) >= 11 is 5.80. The third-order valence-electron chi connectivity index (χ3n) is 3.00. The molecule has 0 bridgehead atoms. The molecule has 5 nitrogen and oxygen atoms in total. The molecule has 1 fully saturated rings. The molecule has 2 N–H and O–H groups in total. The van der Waals surface area contributed by atoms with Crippen molar-refractivity contribution >= 4 is 29.2 Å². The number of nitrogens with one attached hydrogen (secondary N) is 1. The van der Waals surface area contributed by atoms with Crippen molar-refractivity contribution in [2.75, 3.05) is 18.0 Å². The van der Waals surface area contributed by atoms with Gasteiger partial charge in [0.2, 0.25) is 5.91 Å². The molecule has 1 aromatic rings. The number of carbonyl (C=O) groups excluding carboxylic acids is 1. The van der Waals surface area contributed by atoms with Gasteiger partial charge in [-0.2, -0.15) is 0 Å². The number of carbonyl (C=O) groups is 2. The Bertz CT molecular complexity index is 504. The first-order valence-corrected chi connectivity index (χ1v) is 5.95. The predicted octanol–water partition coefficient (Wildman–Crippen LogP) is 1.36. The maximum Gasteiger partial charge on any atom is 0.337 e. The lowest BCUT2D eigenvalue weighted by molar-refractivity contribution is -0.122. The van der Waals surface area contributed by atoms with Crippen molar-refractivity contribution in [2.24, 2.45) is 0 Å². The van der Waals surface area contributed by atoms with Crippen molar-refractivity contribution in [3.05, 3.63) is 28.8 Å². The van der Waals surface area contributed by atoms with Crippen LogP contribution in [0.25, 0.3) is 0 Å². The van der Waals surface area contributed by atoms with E-state index in [1.807, 2.05) is 0 Å². The van der Waals surface area contributed by atoms with Crippen LogP contribution in [0, 0.1) is 0 Å². The molecule has 1 aliphatic rings. The van der Waals surface area contributed by atoms with Gasteiger partial charge in [0.15, 0.2) is 0 Å². The molecule has 1 saturated heterocycles. The highest BCUT2D eigenvalue weighted by Gasteiger charge is 2.28. The SMILES string of the molecule is CC1C(=O)NCCN1c1ccc(Cl)cc1C(=O)O. The van der Waals surface area contributed by atoms with Crippen molar-refractivity contribution in [3.8, 4) is 0 Å². The summed E-state index contributed by atoms with van der Waals surface area (Å²) in [5.74, 6) is -1.15. The second kappa shape index (κ2) is 4.86. The number of piperazine rings is 1. The lowest BCUT2D eigenvalue weighted by atomic mass is 10.1. The number of amides is 1. The summed E-state index contributed by atoms with van der Waals surface area (Å²) in [6.07, 6.45) is 0. The Kier molecular flexibility index (Phi) is 3.43. The highest BCUT2D eigenvalue weighted by molar-refractivity contribution is 6.31. The predicted molar refractivity (Wildman–Crippen MR) is 68.2 cm³/mol. The molecule has 1 unspecified atom stereocenters. The summed E-state index contributed by atoms with van der Waals surface area (Å²) < 4.78 is 0. The fraction of sp³-hybridized carbons (Fsp3) is 0.333. The van der Waals surface area contributed by atoms with Gasteiger partial charge in [0.25, 0.3) is 0 Å². The van der Waals surface area contributed by atoms with E-state index in [-0.39, 0.29) is 11.5 Å². The maximum atomic E-state index is 11.6. The highest BCUT2D eigenvalue weighted by Crippen LogP contribution is 2.26. The number of benzene rings is 1. The zero-order valence-electron chi connectivity index (χ0n) is 9.81. The van der Waals surface area contributed by atoms with E-state index in [1.54, 1.807) is 24.0 Å². The minimum absolute atomic E-state index is 0.104. The van der Waals surface area contributed by atoms with Crippen LogP contribution in [-0.2, 0) is 4.79 Å². The third kappa shape index (κ3) is 2.26. The number of hydrogen-bond acceptors (Lipinski definition) is 3. The Morgan fingerprint density at radius 2 is 2.28 bits per heavy atom. The second-order valence-corrected chi connectivity index (χ2v) is 4.56. The average Bonchev–Trinajstić information content (AvgIpc) is 2.33. The third-order valence-corrected chi connectivity index (χ3v) is 3.23. The van der Waals surface area contributed by atoms with E-state index in [9.17, 15) is 14.7 Å². The lowest BCUT2D eigenvalue weighted by Gasteiger charge is -2.35. The molecule has 1 aromatic carbocycles. The Balaban J connectivity index is 2.43. The van der Waals surface area contributed by atoms with Gasteiger partial charge in [-0.05, 0) is 25.1 Å². The van der Waals surface area contributed by atoms with Crippen molar-refractivity contribution in [1.29, 1.82) is 0 Å². The van der Waals surface area contributed by atoms with E-state index < -0.39 is 12.0 Å². The fourth-order valence-electron chi connectivity index (χ4n) is 2.04. The van der Waals surface area contributed by atoms with E-state index >= 15 is 0 Å². The molecule has 0 aliphatic carbocycles. The number of halogens is 1. The van der Waals surface area contributed by atoms with Crippen LogP contribution >= 0.6 is 11.6 Å². The van der Waals surface area contributed by atoms with Crippen molar-refractivity contribution in [1.82, 2.24) is 5.32 Å². The summed E-state index contributed by atoms with van der Waals surface area (Å²) in [6.45, 7) is 2.83. The first-order valence-electron chi connectivity index (χ1n) is 5.58. The number of nitrogens with zero attached hydrogens (tertiary/aromatic N) is 1. The Labute approximate surface area is 109 Å². The van der Waals surface area contributed by atoms with Crippen molar-refractivity contribution < 1.29 is 14.7 Å². The minimum atomic E-state index is -1.05. The van der Waals surface area contributed by atoms with E-state index in [2.05, 4.69) is 5.32 Å². The van der Waals surface area contributed by atoms with Gasteiger partial charge >= 0.3 is 5.97 Å². The van der Waals surface area contributed by atoms with Crippen LogP contribution in [0.1, 0.15) is 17.3 Å². The quantitative estimate of drug-likeness (QED) is 0.850. The zero-order chi connectivity index (χ0) is 13.3. The molecule has 0 radical (unpaired) electrons. The smallest absolute Gasteiger partial charge is 0.337 e. The molecule has 0 saturated carbocycles. The molecule has 1 atom stereocenters. The second-order valence-electron chi connectivity index (χ2n) is 4.13. The average molecular weight is 269 g/mol. The van der Waals surface area contributed by atoms with E-state index in [4.69, 9.17) is 11.6 Å². The topological polar surface area (TPSA) is 69.6 Å². The summed E-state index contributed by atoms with van der Waals surface area (Å²) in [5.41, 5.74) is 0.637. The lowest BCUT2D eigenvalue weighted by Crippen LogP contribution is -2.54. The number of hydrogen-bond donors (Lipinski definition) is 2. The van der Waals surface area contributed by atoms with Gasteiger partial charge in [0.1, 0.15) is 6.04 Å². The summed E-state index contributed by atoms with van der Waals surface area (Å²) in [7, 11) is 0. The van der Waals surface area contributed by atoms with Gasteiger partial charge in [-0.25, -0.2) is 4.79 Å². The van der Waals surface area contributed by atoms with Gasteiger partial charge in [0, 0.05) is 18.1 Å². The molecule has 6 heteroatoms. The molecule has 1 aliphatic heterocycles. The molecule has 18 heavy (non-hydrogen) atoms. The number of aromatic carboxylic acids is 1. The van der Waals surface area contributed by atoms with Crippen molar-refractivity contribution in [2.45, 2.75) is 13.0 Å². The maximum absolute atomic E-state index is 11.6. The number of carboxylic acid groups (broad SMARTS) is 1. The largest absolute Gasteiger partial charge is 0.478 e. The van der Waals surface area contributed by atoms with Crippen LogP contribution in [0.3, 0.4) is 0 Å². The normalized spacial score (nSPS) is 19.6. The minimum Gasteiger partial charge on any atom is -0.478 e. The van der Waals surface area contributed by atoms with Crippen LogP contribution in [0.4, 0.5) is 5.69 Å². The van der Waals surface area contributed by atoms with Crippen LogP contribution in [0.15, 0.2) is 18.2 Å². The molecule has 2 rings (SSSR count). The summed E-state index contributed by atoms with van der Waals surface area (Å²) in [5, 5.41) is 12.3. The van der Waals surface area contributed by atoms with Gasteiger partial charge in [-0.1, -0.05) is 11.6 Å². The monoisotopic (exact) mass is 268 g/mol. The number of rotatable bonds is 2. The van der Waals surface area contributed by atoms with Crippen molar-refractivity contribution in [3.63, 3.8) is 0 Å². The van der Waals surface area contributed by atoms with E-state index in [0.717, 1.165) is 0 Å². The molecule has 1 heterocycles. The Hall–Kier alpha value is -1.75. The molecule has 0 aromatic heterocycles. The zero-order valence-corrected chi connectivity index (χ0v) is 10.6. The van der Waals surface area contributed by atoms with Gasteiger partial charge < -0.3 is 15.3 Å². The molecule has 1 amide bonds.